The monoisotopic (exact) mass is 862 g/mol. The molecule has 1 aliphatic rings. The molecule has 0 fully saturated rings. The van der Waals surface area contributed by atoms with Crippen molar-refractivity contribution < 1.29 is 31.3 Å². The Kier molecular flexibility index (Phi) is 11.8. The summed E-state index contributed by atoms with van der Waals surface area (Å²) in [5.41, 5.74) is 9.95. The van der Waals surface area contributed by atoms with E-state index in [-0.39, 0.29) is 27.9 Å². The second-order valence-corrected chi connectivity index (χ2v) is 18.1. The number of aromatic nitrogens is 1. The molecular weight excluding hydrogens is 814 g/mol. The zero-order chi connectivity index (χ0) is 45.6. The van der Waals surface area contributed by atoms with Crippen molar-refractivity contribution in [2.75, 3.05) is 0 Å². The Morgan fingerprint density at radius 1 is 0.547 bits per heavy atom. The van der Waals surface area contributed by atoms with E-state index >= 15 is 0 Å². The van der Waals surface area contributed by atoms with E-state index in [9.17, 15) is 22.0 Å². The lowest BCUT2D eigenvalue weighted by Gasteiger charge is -2.24. The van der Waals surface area contributed by atoms with E-state index in [2.05, 4.69) is 90.1 Å². The third-order valence-corrected chi connectivity index (χ3v) is 11.6. The topological polar surface area (TPSA) is 35.8 Å². The highest BCUT2D eigenvalue weighted by atomic mass is 19.4. The molecule has 1 aromatic heterocycles. The van der Waals surface area contributed by atoms with E-state index < -0.39 is 25.4 Å². The molecule has 1 aliphatic heterocycles. The summed E-state index contributed by atoms with van der Waals surface area (Å²) in [6.45, 7) is 14.9. The first-order chi connectivity index (χ1) is 30.4. The maximum atomic E-state index is 13.8. The highest BCUT2D eigenvalue weighted by Crippen LogP contribution is 2.44. The SMILES string of the molecule is C/C(=C1/N=C(c2ccccc2)c2ccccc21)c1c(-c2ccc(C(C)(C)C)cc2)cc(-c2ccc(C(C)(C)C)cc2)n1B(Oc1ccc(C(F)F)cc1)Oc1ccc(C(F)(F)F)cc1. The van der Waals surface area contributed by atoms with Gasteiger partial charge in [0.05, 0.1) is 17.0 Å². The van der Waals surface area contributed by atoms with E-state index in [1.54, 1.807) is 0 Å². The Hall–Kier alpha value is -6.68. The van der Waals surface area contributed by atoms with Crippen LogP contribution in [-0.2, 0) is 17.0 Å². The number of rotatable bonds is 10. The number of nitrogens with zero attached hydrogens (tertiary/aromatic N) is 2. The zero-order valence-electron chi connectivity index (χ0n) is 36.8. The summed E-state index contributed by atoms with van der Waals surface area (Å²) in [6, 6.07) is 46.6. The zero-order valence-corrected chi connectivity index (χ0v) is 36.8. The molecule has 64 heavy (non-hydrogen) atoms. The molecule has 0 saturated heterocycles. The van der Waals surface area contributed by atoms with Crippen LogP contribution in [-0.4, -0.2) is 17.4 Å². The van der Waals surface area contributed by atoms with E-state index in [1.165, 1.54) is 36.4 Å². The van der Waals surface area contributed by atoms with Gasteiger partial charge >= 0.3 is 13.4 Å². The second kappa shape index (κ2) is 17.1. The molecule has 0 N–H and O–H groups in total. The van der Waals surface area contributed by atoms with Gasteiger partial charge in [-0.05, 0) is 100 Å². The molecule has 0 saturated carbocycles. The Bertz CT molecular complexity index is 2830. The van der Waals surface area contributed by atoms with Crippen LogP contribution in [0.15, 0.2) is 163 Å². The van der Waals surface area contributed by atoms with Crippen molar-refractivity contribution >= 4 is 24.2 Å². The number of fused-ring (bicyclic) bond motifs is 1. The highest BCUT2D eigenvalue weighted by Gasteiger charge is 2.38. The van der Waals surface area contributed by atoms with E-state index in [0.29, 0.717) is 17.1 Å². The lowest BCUT2D eigenvalue weighted by Crippen LogP contribution is -2.40. The normalized spacial score (nSPS) is 13.7. The molecule has 0 unspecified atom stereocenters. The molecule has 8 rings (SSSR count). The van der Waals surface area contributed by atoms with Gasteiger partial charge in [-0.25, -0.2) is 13.8 Å². The molecule has 0 atom stereocenters. The average Bonchev–Trinajstić information content (AvgIpc) is 3.86. The fourth-order valence-electron chi connectivity index (χ4n) is 7.98. The van der Waals surface area contributed by atoms with Crippen molar-refractivity contribution in [1.29, 1.82) is 0 Å². The fourth-order valence-corrected chi connectivity index (χ4v) is 7.98. The van der Waals surface area contributed by atoms with Gasteiger partial charge in [-0.15, -0.1) is 0 Å². The molecule has 7 aromatic rings. The van der Waals surface area contributed by atoms with Crippen LogP contribution in [0.4, 0.5) is 22.0 Å². The van der Waals surface area contributed by atoms with Gasteiger partial charge in [-0.1, -0.05) is 145 Å². The molecule has 6 aromatic carbocycles. The van der Waals surface area contributed by atoms with Crippen LogP contribution in [0, 0.1) is 0 Å². The van der Waals surface area contributed by atoms with Crippen molar-refractivity contribution in [3.8, 4) is 33.9 Å². The van der Waals surface area contributed by atoms with Gasteiger partial charge in [0.2, 0.25) is 0 Å². The van der Waals surface area contributed by atoms with Crippen molar-refractivity contribution in [3.63, 3.8) is 0 Å². The van der Waals surface area contributed by atoms with Gasteiger partial charge in [0.15, 0.2) is 0 Å². The van der Waals surface area contributed by atoms with Gasteiger partial charge in [0.1, 0.15) is 11.5 Å². The third kappa shape index (κ3) is 9.05. The summed E-state index contributed by atoms with van der Waals surface area (Å²) in [7, 11) is -1.39. The third-order valence-electron chi connectivity index (χ3n) is 11.6. The summed E-state index contributed by atoms with van der Waals surface area (Å²) < 4.78 is 84.3. The Morgan fingerprint density at radius 3 is 1.55 bits per heavy atom. The summed E-state index contributed by atoms with van der Waals surface area (Å²) >= 11 is 0. The summed E-state index contributed by atoms with van der Waals surface area (Å²) in [5.74, 6) is 0.292. The van der Waals surface area contributed by atoms with Crippen LogP contribution in [0.25, 0.3) is 33.7 Å². The first-order valence-electron chi connectivity index (χ1n) is 21.2. The maximum absolute atomic E-state index is 13.8. The first-order valence-corrected chi connectivity index (χ1v) is 21.2. The molecule has 0 aliphatic carbocycles. The first kappa shape index (κ1) is 44.0. The smallest absolute Gasteiger partial charge is 0.507 e. The van der Waals surface area contributed by atoms with E-state index in [0.717, 1.165) is 67.9 Å². The summed E-state index contributed by atoms with van der Waals surface area (Å²) in [5, 5.41) is 0. The van der Waals surface area contributed by atoms with Crippen LogP contribution in [0.3, 0.4) is 0 Å². The Morgan fingerprint density at radius 2 is 1.03 bits per heavy atom. The minimum absolute atomic E-state index is 0.0906. The molecule has 0 amide bonds. The van der Waals surface area contributed by atoms with Gasteiger partial charge < -0.3 is 13.8 Å². The van der Waals surface area contributed by atoms with Crippen molar-refractivity contribution in [1.82, 2.24) is 4.48 Å². The number of hydrogen-bond acceptors (Lipinski definition) is 3. The number of benzene rings is 6. The molecule has 0 radical (unpaired) electrons. The second-order valence-electron chi connectivity index (χ2n) is 18.1. The van der Waals surface area contributed by atoms with Crippen molar-refractivity contribution in [2.24, 2.45) is 4.99 Å². The molecule has 2 heterocycles. The average molecular weight is 863 g/mol. The minimum Gasteiger partial charge on any atom is -0.507 e. The van der Waals surface area contributed by atoms with Gasteiger partial charge in [-0.2, -0.15) is 13.2 Å². The summed E-state index contributed by atoms with van der Waals surface area (Å²) in [6.07, 6.45) is -7.28. The van der Waals surface area contributed by atoms with Crippen molar-refractivity contribution in [3.05, 3.63) is 202 Å². The van der Waals surface area contributed by atoms with Crippen molar-refractivity contribution in [2.45, 2.75) is 71.9 Å². The molecule has 4 nitrogen and oxygen atoms in total. The Balaban J connectivity index is 1.44. The number of halogens is 5. The van der Waals surface area contributed by atoms with Crippen LogP contribution in [0.2, 0.25) is 0 Å². The number of alkyl halides is 5. The van der Waals surface area contributed by atoms with Crippen LogP contribution >= 0.6 is 0 Å². The van der Waals surface area contributed by atoms with Gasteiger partial charge in [-0.3, -0.25) is 0 Å². The van der Waals surface area contributed by atoms with Gasteiger partial charge in [0.25, 0.3) is 6.43 Å². The number of allylic oxidation sites excluding steroid dienone is 1. The predicted molar refractivity (Wildman–Crippen MR) is 249 cm³/mol. The number of aliphatic imine (C=N–C) groups is 1. The lowest BCUT2D eigenvalue weighted by atomic mass is 9.86. The highest BCUT2D eigenvalue weighted by molar-refractivity contribution is 6.46. The number of hydrogen-bond donors (Lipinski definition) is 0. The largest absolute Gasteiger partial charge is 0.743 e. The van der Waals surface area contributed by atoms with Gasteiger partial charge in [0, 0.05) is 39.2 Å². The van der Waals surface area contributed by atoms with Crippen LogP contribution in [0.5, 0.6) is 11.5 Å². The van der Waals surface area contributed by atoms with Crippen LogP contribution in [0.1, 0.15) is 99.5 Å². The molecule has 10 heteroatoms. The Labute approximate surface area is 371 Å². The fraction of sp³-hybridized carbons (Fsp3) is 0.204. The van der Waals surface area contributed by atoms with E-state index in [4.69, 9.17) is 14.3 Å². The maximum Gasteiger partial charge on any atom is 0.743 e. The molecular formula is C54H48BF5N2O2. The summed E-state index contributed by atoms with van der Waals surface area (Å²) in [4.78, 5) is 5.36. The quantitative estimate of drug-likeness (QED) is 0.101. The van der Waals surface area contributed by atoms with Crippen LogP contribution < -0.4 is 9.31 Å². The van der Waals surface area contributed by atoms with E-state index in [1.807, 2.05) is 72.1 Å². The minimum atomic E-state index is -4.57. The predicted octanol–water partition coefficient (Wildman–Crippen LogP) is 15.1. The molecule has 0 bridgehead atoms. The molecule has 324 valence electrons. The lowest BCUT2D eigenvalue weighted by molar-refractivity contribution is -0.137. The standard InChI is InChI=1S/C54H48BF5N2O2/c1-34(48-44-15-11-12-16-45(44)49(61-48)37-13-9-8-10-14-37)50-46(35-17-23-39(24-18-35)52(2,3)4)33-47(36-19-25-40(26-20-36)53(5,6)7)62(50)55(63-42-29-21-38(22-30-42)51(56)57)64-43-31-27-41(28-32-43)54(58,59)60/h8-33,51H,1-7H3/b48-34-. The molecule has 0 spiro atoms.